The summed E-state index contributed by atoms with van der Waals surface area (Å²) in [6.07, 6.45) is 1.57. The van der Waals surface area contributed by atoms with Crippen molar-refractivity contribution in [3.05, 3.63) is 96.9 Å². The van der Waals surface area contributed by atoms with Crippen LogP contribution in [-0.2, 0) is 0 Å². The topological polar surface area (TPSA) is 88.7 Å². The second kappa shape index (κ2) is 9.04. The van der Waals surface area contributed by atoms with E-state index < -0.39 is 10.8 Å². The lowest BCUT2D eigenvalue weighted by Gasteiger charge is -2.13. The lowest BCUT2D eigenvalue weighted by atomic mass is 10.2. The molecule has 4 aromatic rings. The first-order valence-corrected chi connectivity index (χ1v) is 11.3. The molecule has 0 unspecified atom stereocenters. The average Bonchev–Trinajstić information content (AvgIpc) is 3.17. The van der Waals surface area contributed by atoms with E-state index in [1.807, 2.05) is 42.5 Å². The van der Waals surface area contributed by atoms with E-state index >= 15 is 0 Å². The van der Waals surface area contributed by atoms with Gasteiger partial charge in [0.2, 0.25) is 5.13 Å². The molecule has 0 N–H and O–H groups in total. The summed E-state index contributed by atoms with van der Waals surface area (Å²) in [5, 5.41) is 16.9. The molecule has 1 aromatic heterocycles. The number of hydrogen-bond donors (Lipinski definition) is 0. The Bertz CT molecular complexity index is 1300. The zero-order chi connectivity index (χ0) is 22.0. The van der Waals surface area contributed by atoms with Crippen LogP contribution in [0.25, 0.3) is 10.2 Å². The molecule has 0 aliphatic rings. The molecule has 0 atom stereocenters. The fourth-order valence-corrected chi connectivity index (χ4v) is 4.43. The van der Waals surface area contributed by atoms with E-state index in [1.54, 1.807) is 6.21 Å². The standard InChI is InChI=1S/C21H12Br2N4O3S/c22-15-5-1-13(2-6-15)12-24-26(20(28)14-3-8-17(9-4-14)27(29)30)21-25-18-10-7-16(23)11-19(18)31-21/h1-12H/b24-12+. The van der Waals surface area contributed by atoms with Crippen LogP contribution < -0.4 is 5.01 Å². The third kappa shape index (κ3) is 4.87. The molecule has 0 saturated heterocycles. The molecule has 154 valence electrons. The van der Waals surface area contributed by atoms with Crippen LogP contribution >= 0.6 is 43.2 Å². The monoisotopic (exact) mass is 558 g/mol. The number of carbonyl (C=O) groups excluding carboxylic acids is 1. The van der Waals surface area contributed by atoms with Gasteiger partial charge in [0.25, 0.3) is 11.6 Å². The third-order valence-corrected chi connectivity index (χ3v) is 6.25. The van der Waals surface area contributed by atoms with Crippen LogP contribution in [0.1, 0.15) is 15.9 Å². The Morgan fingerprint density at radius 3 is 2.39 bits per heavy atom. The zero-order valence-corrected chi connectivity index (χ0v) is 19.6. The quantitative estimate of drug-likeness (QED) is 0.160. The number of hydrogen-bond acceptors (Lipinski definition) is 6. The Labute approximate surface area is 197 Å². The number of fused-ring (bicyclic) bond motifs is 1. The van der Waals surface area contributed by atoms with Crippen molar-refractivity contribution in [3.63, 3.8) is 0 Å². The van der Waals surface area contributed by atoms with E-state index in [0.717, 1.165) is 24.7 Å². The molecule has 10 heteroatoms. The fourth-order valence-electron chi connectivity index (χ4n) is 2.69. The summed E-state index contributed by atoms with van der Waals surface area (Å²) in [5.74, 6) is -0.443. The first kappa shape index (κ1) is 21.3. The number of anilines is 1. The van der Waals surface area contributed by atoms with Crippen molar-refractivity contribution in [3.8, 4) is 0 Å². The number of thiazole rings is 1. The number of halogens is 2. The van der Waals surface area contributed by atoms with Gasteiger partial charge in [-0.3, -0.25) is 14.9 Å². The van der Waals surface area contributed by atoms with Crippen molar-refractivity contribution in [2.75, 3.05) is 5.01 Å². The van der Waals surface area contributed by atoms with E-state index in [0.29, 0.717) is 5.13 Å². The number of amides is 1. The van der Waals surface area contributed by atoms with Crippen LogP contribution in [0.4, 0.5) is 10.8 Å². The van der Waals surface area contributed by atoms with E-state index in [9.17, 15) is 14.9 Å². The summed E-state index contributed by atoms with van der Waals surface area (Å²) in [7, 11) is 0. The maximum absolute atomic E-state index is 13.2. The molecule has 1 amide bonds. The second-order valence-corrected chi connectivity index (χ2v) is 9.17. The molecule has 0 bridgehead atoms. The first-order chi connectivity index (χ1) is 14.9. The molecule has 0 saturated carbocycles. The van der Waals surface area contributed by atoms with Crippen molar-refractivity contribution in [2.45, 2.75) is 0 Å². The van der Waals surface area contributed by atoms with Crippen LogP contribution in [0.15, 0.2) is 80.8 Å². The summed E-state index contributed by atoms with van der Waals surface area (Å²) in [6.45, 7) is 0. The second-order valence-electron chi connectivity index (χ2n) is 6.33. The fraction of sp³-hybridized carbons (Fsp3) is 0. The Morgan fingerprint density at radius 1 is 1.03 bits per heavy atom. The van der Waals surface area contributed by atoms with Crippen molar-refractivity contribution in [1.29, 1.82) is 0 Å². The number of non-ortho nitro benzene ring substituents is 1. The molecule has 0 aliphatic heterocycles. The number of nitro benzene ring substituents is 1. The minimum absolute atomic E-state index is 0.0914. The Morgan fingerprint density at radius 2 is 1.71 bits per heavy atom. The van der Waals surface area contributed by atoms with Gasteiger partial charge < -0.3 is 0 Å². The minimum Gasteiger partial charge on any atom is -0.267 e. The van der Waals surface area contributed by atoms with E-state index in [2.05, 4.69) is 41.9 Å². The Hall–Kier alpha value is -2.95. The van der Waals surface area contributed by atoms with Gasteiger partial charge in [-0.05, 0) is 48.0 Å². The lowest BCUT2D eigenvalue weighted by Crippen LogP contribution is -2.25. The number of carbonyl (C=O) groups is 1. The largest absolute Gasteiger partial charge is 0.280 e. The van der Waals surface area contributed by atoms with Crippen molar-refractivity contribution >= 4 is 76.4 Å². The minimum atomic E-state index is -0.511. The van der Waals surface area contributed by atoms with Gasteiger partial charge in [-0.25, -0.2) is 4.98 Å². The summed E-state index contributed by atoms with van der Waals surface area (Å²) < 4.78 is 2.73. The molecule has 0 fully saturated rings. The number of rotatable bonds is 5. The lowest BCUT2D eigenvalue weighted by molar-refractivity contribution is -0.384. The summed E-state index contributed by atoms with van der Waals surface area (Å²) >= 11 is 8.15. The van der Waals surface area contributed by atoms with E-state index in [1.165, 1.54) is 40.6 Å². The van der Waals surface area contributed by atoms with Crippen LogP contribution in [-0.4, -0.2) is 22.0 Å². The number of nitro groups is 1. The van der Waals surface area contributed by atoms with Gasteiger partial charge in [-0.15, -0.1) is 0 Å². The maximum atomic E-state index is 13.2. The van der Waals surface area contributed by atoms with Crippen molar-refractivity contribution in [1.82, 2.24) is 4.98 Å². The average molecular weight is 560 g/mol. The molecule has 3 aromatic carbocycles. The highest BCUT2D eigenvalue weighted by Crippen LogP contribution is 2.32. The van der Waals surface area contributed by atoms with Crippen LogP contribution in [0, 0.1) is 10.1 Å². The highest BCUT2D eigenvalue weighted by molar-refractivity contribution is 9.10. The summed E-state index contributed by atoms with van der Waals surface area (Å²) in [4.78, 5) is 28.2. The molecule has 0 radical (unpaired) electrons. The molecular weight excluding hydrogens is 548 g/mol. The highest BCUT2D eigenvalue weighted by atomic mass is 79.9. The molecule has 7 nitrogen and oxygen atoms in total. The molecule has 31 heavy (non-hydrogen) atoms. The van der Waals surface area contributed by atoms with Crippen molar-refractivity contribution < 1.29 is 9.72 Å². The first-order valence-electron chi connectivity index (χ1n) is 8.85. The number of hydrazone groups is 1. The Kier molecular flexibility index (Phi) is 6.21. The maximum Gasteiger partial charge on any atom is 0.280 e. The van der Waals surface area contributed by atoms with Crippen LogP contribution in [0.3, 0.4) is 0 Å². The third-order valence-electron chi connectivity index (χ3n) is 4.23. The molecular formula is C21H12Br2N4O3S. The van der Waals surface area contributed by atoms with Crippen molar-refractivity contribution in [2.24, 2.45) is 5.10 Å². The Balaban J connectivity index is 1.74. The molecule has 0 aliphatic carbocycles. The smallest absolute Gasteiger partial charge is 0.267 e. The van der Waals surface area contributed by atoms with E-state index in [4.69, 9.17) is 0 Å². The predicted octanol–water partition coefficient (Wildman–Crippen LogP) is 6.41. The van der Waals surface area contributed by atoms with E-state index in [-0.39, 0.29) is 11.3 Å². The van der Waals surface area contributed by atoms with Gasteiger partial charge in [0, 0.05) is 26.6 Å². The number of aromatic nitrogens is 1. The molecule has 4 rings (SSSR count). The van der Waals surface area contributed by atoms with Crippen LogP contribution in [0.2, 0.25) is 0 Å². The number of benzene rings is 3. The van der Waals surface area contributed by atoms with Gasteiger partial charge in [0.15, 0.2) is 0 Å². The normalized spacial score (nSPS) is 11.2. The van der Waals surface area contributed by atoms with Gasteiger partial charge in [-0.2, -0.15) is 10.1 Å². The zero-order valence-electron chi connectivity index (χ0n) is 15.6. The summed E-state index contributed by atoms with van der Waals surface area (Å²) in [6, 6.07) is 18.5. The SMILES string of the molecule is O=C(c1ccc([N+](=O)[O-])cc1)N(/N=C/c1ccc(Br)cc1)c1nc2ccc(Br)cc2s1. The van der Waals surface area contributed by atoms with Gasteiger partial charge >= 0.3 is 0 Å². The van der Waals surface area contributed by atoms with Gasteiger partial charge in [0.1, 0.15) is 0 Å². The molecule has 1 heterocycles. The summed E-state index contributed by atoms with van der Waals surface area (Å²) in [5.41, 5.74) is 1.71. The van der Waals surface area contributed by atoms with Gasteiger partial charge in [-0.1, -0.05) is 55.3 Å². The molecule has 0 spiro atoms. The highest BCUT2D eigenvalue weighted by Gasteiger charge is 2.22. The predicted molar refractivity (Wildman–Crippen MR) is 129 cm³/mol. The number of nitrogens with zero attached hydrogens (tertiary/aromatic N) is 4. The van der Waals surface area contributed by atoms with Gasteiger partial charge in [0.05, 0.1) is 21.4 Å². The van der Waals surface area contributed by atoms with Crippen LogP contribution in [0.5, 0.6) is 0 Å².